The molecule has 0 aliphatic heterocycles. The minimum Gasteiger partial charge on any atom is -0.477 e. The minimum absolute atomic E-state index is 0.0693. The van der Waals surface area contributed by atoms with Gasteiger partial charge in [0.2, 0.25) is 5.88 Å². The summed E-state index contributed by atoms with van der Waals surface area (Å²) in [5.41, 5.74) is -1.84. The SMILES string of the molecule is Cn1cc(S(=O)(=O)NC(=O)c2ccc(-n3ccc(OCCC4(C(F)(F)F)CC4)n3)nc2Cl)c([Si](C)(C)C)n1. The van der Waals surface area contributed by atoms with Crippen LogP contribution >= 0.6 is 11.6 Å². The molecule has 1 aliphatic rings. The molecule has 206 valence electrons. The normalized spacial score (nSPS) is 15.4. The van der Waals surface area contributed by atoms with E-state index in [0.29, 0.717) is 5.32 Å². The lowest BCUT2D eigenvalue weighted by molar-refractivity contribution is -0.190. The molecule has 1 N–H and O–H groups in total. The average molecular weight is 591 g/mol. The van der Waals surface area contributed by atoms with Crippen molar-refractivity contribution in [1.82, 2.24) is 29.3 Å². The van der Waals surface area contributed by atoms with E-state index in [-0.39, 0.29) is 53.2 Å². The zero-order valence-electron chi connectivity index (χ0n) is 21.0. The molecule has 1 saturated carbocycles. The van der Waals surface area contributed by atoms with E-state index in [0.717, 1.165) is 0 Å². The van der Waals surface area contributed by atoms with E-state index in [4.69, 9.17) is 16.3 Å². The van der Waals surface area contributed by atoms with Gasteiger partial charge in [0.05, 0.1) is 22.9 Å². The summed E-state index contributed by atoms with van der Waals surface area (Å²) in [5, 5.41) is 8.56. The van der Waals surface area contributed by atoms with Gasteiger partial charge in [-0.05, 0) is 31.4 Å². The number of nitrogens with one attached hydrogen (secondary N) is 1. The number of sulfonamides is 1. The van der Waals surface area contributed by atoms with E-state index >= 15 is 0 Å². The summed E-state index contributed by atoms with van der Waals surface area (Å²) in [6, 6.07) is 4.14. The second kappa shape index (κ2) is 9.68. The van der Waals surface area contributed by atoms with Gasteiger partial charge >= 0.3 is 6.18 Å². The van der Waals surface area contributed by atoms with E-state index in [1.807, 2.05) is 24.4 Å². The summed E-state index contributed by atoms with van der Waals surface area (Å²) >= 11 is 6.19. The third kappa shape index (κ3) is 5.73. The Hall–Kier alpha value is -2.91. The first-order valence-corrected chi connectivity index (χ1v) is 16.9. The Morgan fingerprint density at radius 2 is 1.89 bits per heavy atom. The molecular formula is C22H26ClF3N6O4SSi. The second-order valence-electron chi connectivity index (χ2n) is 10.2. The number of alkyl halides is 3. The predicted octanol–water partition coefficient (Wildman–Crippen LogP) is 3.43. The van der Waals surface area contributed by atoms with Crippen LogP contribution in [0, 0.1) is 5.41 Å². The largest absolute Gasteiger partial charge is 0.477 e. The van der Waals surface area contributed by atoms with Crippen molar-refractivity contribution in [1.29, 1.82) is 0 Å². The van der Waals surface area contributed by atoms with Crippen LogP contribution in [0.4, 0.5) is 13.2 Å². The molecule has 0 atom stereocenters. The number of aromatic nitrogens is 5. The maximum absolute atomic E-state index is 13.1. The number of rotatable bonds is 9. The van der Waals surface area contributed by atoms with E-state index in [1.165, 1.54) is 40.0 Å². The van der Waals surface area contributed by atoms with Gasteiger partial charge in [0, 0.05) is 25.5 Å². The Balaban J connectivity index is 1.44. The number of halogens is 4. The maximum atomic E-state index is 13.1. The number of nitrogens with zero attached hydrogens (tertiary/aromatic N) is 5. The summed E-state index contributed by atoms with van der Waals surface area (Å²) < 4.78 is 75.2. The molecule has 3 aromatic heterocycles. The number of carbonyl (C=O) groups excluding carboxylic acids is 1. The fourth-order valence-corrected chi connectivity index (χ4v) is 7.69. The van der Waals surface area contributed by atoms with Crippen LogP contribution in [0.2, 0.25) is 24.8 Å². The molecule has 16 heteroatoms. The molecule has 0 unspecified atom stereocenters. The summed E-state index contributed by atoms with van der Waals surface area (Å²) in [5.74, 6) is -0.683. The highest BCUT2D eigenvalue weighted by Crippen LogP contribution is 2.59. The summed E-state index contributed by atoms with van der Waals surface area (Å²) in [6.45, 7) is 5.67. The lowest BCUT2D eigenvalue weighted by Crippen LogP contribution is -2.44. The van der Waals surface area contributed by atoms with Crippen LogP contribution < -0.4 is 14.8 Å². The van der Waals surface area contributed by atoms with Crippen LogP contribution in [0.15, 0.2) is 35.5 Å². The van der Waals surface area contributed by atoms with Gasteiger partial charge in [-0.15, -0.1) is 5.10 Å². The topological polar surface area (TPSA) is 121 Å². The number of hydrogen-bond donors (Lipinski definition) is 1. The minimum atomic E-state index is -4.25. The number of pyridine rings is 1. The molecule has 0 bridgehead atoms. The molecule has 4 rings (SSSR count). The third-order valence-electron chi connectivity index (χ3n) is 6.19. The molecule has 38 heavy (non-hydrogen) atoms. The number of ether oxygens (including phenoxy) is 1. The van der Waals surface area contributed by atoms with Gasteiger partial charge in [-0.1, -0.05) is 31.2 Å². The van der Waals surface area contributed by atoms with Crippen LogP contribution in [-0.4, -0.2) is 59.7 Å². The van der Waals surface area contributed by atoms with Gasteiger partial charge in [0.25, 0.3) is 15.9 Å². The Morgan fingerprint density at radius 3 is 2.47 bits per heavy atom. The highest BCUT2D eigenvalue weighted by Gasteiger charge is 2.62. The van der Waals surface area contributed by atoms with Gasteiger partial charge < -0.3 is 4.74 Å². The smallest absolute Gasteiger partial charge is 0.394 e. The zero-order chi connectivity index (χ0) is 28.1. The molecule has 0 radical (unpaired) electrons. The summed E-state index contributed by atoms with van der Waals surface area (Å²) in [7, 11) is -4.79. The third-order valence-corrected chi connectivity index (χ3v) is 9.78. The van der Waals surface area contributed by atoms with Crippen molar-refractivity contribution in [2.24, 2.45) is 12.5 Å². The molecule has 1 fully saturated rings. The number of carbonyl (C=O) groups is 1. The van der Waals surface area contributed by atoms with Gasteiger partial charge in [0.15, 0.2) is 5.82 Å². The molecule has 0 aromatic carbocycles. The maximum Gasteiger partial charge on any atom is 0.394 e. The quantitative estimate of drug-likeness (QED) is 0.299. The van der Waals surface area contributed by atoms with Crippen molar-refractivity contribution in [2.45, 2.75) is 50.0 Å². The monoisotopic (exact) mass is 590 g/mol. The van der Waals surface area contributed by atoms with Crippen molar-refractivity contribution in [3.8, 4) is 11.7 Å². The van der Waals surface area contributed by atoms with Crippen LogP contribution in [0.1, 0.15) is 29.6 Å². The summed E-state index contributed by atoms with van der Waals surface area (Å²) in [6.07, 6.45) is -1.40. The average Bonchev–Trinajstić information content (AvgIpc) is 3.25. The fourth-order valence-electron chi connectivity index (χ4n) is 3.83. The van der Waals surface area contributed by atoms with E-state index in [2.05, 4.69) is 15.2 Å². The van der Waals surface area contributed by atoms with Gasteiger partial charge in [-0.2, -0.15) is 18.3 Å². The molecule has 3 aromatic rings. The molecule has 1 amide bonds. The second-order valence-corrected chi connectivity index (χ2v) is 17.2. The van der Waals surface area contributed by atoms with E-state index in [1.54, 1.807) is 7.05 Å². The van der Waals surface area contributed by atoms with E-state index in [9.17, 15) is 26.4 Å². The van der Waals surface area contributed by atoms with Gasteiger partial charge in [0.1, 0.15) is 18.1 Å². The first-order chi connectivity index (χ1) is 17.5. The summed E-state index contributed by atoms with van der Waals surface area (Å²) in [4.78, 5) is 16.8. The Morgan fingerprint density at radius 1 is 1.21 bits per heavy atom. The first-order valence-electron chi connectivity index (χ1n) is 11.6. The predicted molar refractivity (Wildman–Crippen MR) is 135 cm³/mol. The van der Waals surface area contributed by atoms with Gasteiger partial charge in [-0.3, -0.25) is 9.48 Å². The van der Waals surface area contributed by atoms with Gasteiger partial charge in [-0.25, -0.2) is 22.8 Å². The van der Waals surface area contributed by atoms with Crippen LogP contribution in [-0.2, 0) is 17.1 Å². The zero-order valence-corrected chi connectivity index (χ0v) is 23.6. The molecule has 0 spiro atoms. The molecule has 0 saturated heterocycles. The van der Waals surface area contributed by atoms with Crippen LogP contribution in [0.25, 0.3) is 5.82 Å². The van der Waals surface area contributed by atoms with Crippen molar-refractivity contribution < 1.29 is 31.1 Å². The van der Waals surface area contributed by atoms with Crippen molar-refractivity contribution in [3.05, 3.63) is 41.3 Å². The van der Waals surface area contributed by atoms with Crippen molar-refractivity contribution in [3.63, 3.8) is 0 Å². The van der Waals surface area contributed by atoms with E-state index < -0.39 is 35.6 Å². The molecule has 3 heterocycles. The van der Waals surface area contributed by atoms with Crippen molar-refractivity contribution in [2.75, 3.05) is 6.61 Å². The molecule has 1 aliphatic carbocycles. The number of amides is 1. The standard InChI is InChI=1S/C22H26ClF3N6O4SSi/c1-31-13-15(20(29-31)38(2,3)4)37(34,35)30-19(33)14-5-6-16(27-18(14)23)32-11-7-17(28-32)36-12-10-21(8-9-21)22(24,25)26/h5-7,11,13H,8-10,12H2,1-4H3,(H,30,33). The lowest BCUT2D eigenvalue weighted by Gasteiger charge is -2.18. The van der Waals surface area contributed by atoms with Crippen molar-refractivity contribution >= 4 is 40.9 Å². The Kier molecular flexibility index (Phi) is 7.16. The number of aryl methyl sites for hydroxylation is 1. The first kappa shape index (κ1) is 28.1. The molecular weight excluding hydrogens is 565 g/mol. The molecule has 10 nitrogen and oxygen atoms in total. The highest BCUT2D eigenvalue weighted by atomic mass is 35.5. The Bertz CT molecular complexity index is 1480. The number of hydrogen-bond acceptors (Lipinski definition) is 7. The van der Waals surface area contributed by atoms with Crippen LogP contribution in [0.5, 0.6) is 5.88 Å². The highest BCUT2D eigenvalue weighted by molar-refractivity contribution is 7.90. The fraction of sp³-hybridized carbons (Fsp3) is 0.455. The lowest BCUT2D eigenvalue weighted by atomic mass is 10.0. The van der Waals surface area contributed by atoms with Crippen LogP contribution in [0.3, 0.4) is 0 Å². The Labute approximate surface area is 223 Å².